The van der Waals surface area contributed by atoms with Gasteiger partial charge in [-0.3, -0.25) is 0 Å². The molecule has 0 aromatic carbocycles. The molecule has 0 bridgehead atoms. The van der Waals surface area contributed by atoms with Crippen molar-refractivity contribution in [1.29, 1.82) is 0 Å². The number of nitrogens with zero attached hydrogens (tertiary/aromatic N) is 3. The molecule has 1 aliphatic rings. The van der Waals surface area contributed by atoms with Crippen molar-refractivity contribution < 1.29 is 0 Å². The molecule has 1 aromatic rings. The quantitative estimate of drug-likeness (QED) is 0.800. The second-order valence-corrected chi connectivity index (χ2v) is 5.67. The van der Waals surface area contributed by atoms with E-state index in [0.717, 1.165) is 5.16 Å². The molecule has 0 aliphatic heterocycles. The van der Waals surface area contributed by atoms with Gasteiger partial charge in [-0.2, -0.15) is 15.0 Å². The third kappa shape index (κ3) is 3.73. The molecule has 100 valence electrons. The summed E-state index contributed by atoms with van der Waals surface area (Å²) in [6.07, 6.45) is 7.01. The normalized spacial score (nSPS) is 16.2. The first-order valence-corrected chi connectivity index (χ1v) is 7.73. The van der Waals surface area contributed by atoms with Crippen LogP contribution in [0.5, 0.6) is 0 Å². The lowest BCUT2D eigenvalue weighted by molar-refractivity contribution is 0.733. The number of rotatable bonds is 5. The Hall–Kier alpha value is -1.04. The Morgan fingerprint density at radius 1 is 1.11 bits per heavy atom. The molecule has 0 saturated heterocycles. The van der Waals surface area contributed by atoms with Crippen LogP contribution >= 0.6 is 11.8 Å². The maximum Gasteiger partial charge on any atom is 0.228 e. The Morgan fingerprint density at radius 2 is 1.78 bits per heavy atom. The number of anilines is 2. The molecule has 1 aliphatic carbocycles. The zero-order valence-corrected chi connectivity index (χ0v) is 12.0. The van der Waals surface area contributed by atoms with Crippen LogP contribution in [0.25, 0.3) is 0 Å². The number of nitrogens with one attached hydrogen (secondary N) is 2. The lowest BCUT2D eigenvalue weighted by Gasteiger charge is -2.14. The van der Waals surface area contributed by atoms with Gasteiger partial charge in [0, 0.05) is 12.1 Å². The van der Waals surface area contributed by atoms with Crippen molar-refractivity contribution in [3.8, 4) is 0 Å². The van der Waals surface area contributed by atoms with Crippen molar-refractivity contribution in [2.45, 2.75) is 56.8 Å². The second-order valence-electron chi connectivity index (χ2n) is 4.89. The summed E-state index contributed by atoms with van der Waals surface area (Å²) < 4.78 is 0. The van der Waals surface area contributed by atoms with E-state index in [9.17, 15) is 0 Å². The van der Waals surface area contributed by atoms with Gasteiger partial charge in [0.25, 0.3) is 0 Å². The molecule has 18 heavy (non-hydrogen) atoms. The van der Waals surface area contributed by atoms with Crippen molar-refractivity contribution in [2.75, 3.05) is 16.9 Å². The summed E-state index contributed by atoms with van der Waals surface area (Å²) >= 11 is 1.54. The van der Waals surface area contributed by atoms with Crippen molar-refractivity contribution >= 4 is 23.7 Å². The summed E-state index contributed by atoms with van der Waals surface area (Å²) in [5.41, 5.74) is 0. The summed E-state index contributed by atoms with van der Waals surface area (Å²) in [4.78, 5) is 13.2. The van der Waals surface area contributed by atoms with Gasteiger partial charge < -0.3 is 10.6 Å². The summed E-state index contributed by atoms with van der Waals surface area (Å²) in [6, 6.07) is 0.843. The highest BCUT2D eigenvalue weighted by Crippen LogP contribution is 2.22. The molecular formula is C12H21N5S. The summed E-state index contributed by atoms with van der Waals surface area (Å²) in [5, 5.41) is 7.40. The number of aromatic nitrogens is 3. The Morgan fingerprint density at radius 3 is 2.39 bits per heavy atom. The monoisotopic (exact) mass is 267 g/mol. The van der Waals surface area contributed by atoms with Crippen molar-refractivity contribution in [2.24, 2.45) is 0 Å². The fourth-order valence-corrected chi connectivity index (χ4v) is 2.44. The Bertz CT molecular complexity index is 390. The average molecular weight is 267 g/mol. The van der Waals surface area contributed by atoms with Gasteiger partial charge in [-0.05, 0) is 32.9 Å². The van der Waals surface area contributed by atoms with Gasteiger partial charge in [0.1, 0.15) is 0 Å². The zero-order valence-electron chi connectivity index (χ0n) is 11.2. The molecule has 1 aromatic heterocycles. The fraction of sp³-hybridized carbons (Fsp3) is 0.750. The SMILES string of the molecule is CSc1nc(NC(C)C)nc(NC2CCCC2)n1. The highest BCUT2D eigenvalue weighted by Gasteiger charge is 2.16. The first-order valence-electron chi connectivity index (χ1n) is 6.50. The van der Waals surface area contributed by atoms with Crippen LogP contribution in [0.1, 0.15) is 39.5 Å². The predicted molar refractivity (Wildman–Crippen MR) is 76.2 cm³/mol. The van der Waals surface area contributed by atoms with E-state index in [4.69, 9.17) is 0 Å². The number of hydrogen-bond acceptors (Lipinski definition) is 6. The van der Waals surface area contributed by atoms with E-state index >= 15 is 0 Å². The van der Waals surface area contributed by atoms with Crippen molar-refractivity contribution in [1.82, 2.24) is 15.0 Å². The first kappa shape index (κ1) is 13.4. The summed E-state index contributed by atoms with van der Waals surface area (Å²) in [6.45, 7) is 4.15. The Labute approximate surface area is 113 Å². The van der Waals surface area contributed by atoms with Gasteiger partial charge in [0.15, 0.2) is 5.16 Å². The topological polar surface area (TPSA) is 62.7 Å². The van der Waals surface area contributed by atoms with Crippen molar-refractivity contribution in [3.05, 3.63) is 0 Å². The van der Waals surface area contributed by atoms with Crippen LogP contribution in [0, 0.1) is 0 Å². The highest BCUT2D eigenvalue weighted by molar-refractivity contribution is 7.98. The Balaban J connectivity index is 2.11. The van der Waals surface area contributed by atoms with Gasteiger partial charge in [0.05, 0.1) is 0 Å². The minimum atomic E-state index is 0.321. The lowest BCUT2D eigenvalue weighted by atomic mass is 10.3. The van der Waals surface area contributed by atoms with Gasteiger partial charge in [-0.15, -0.1) is 0 Å². The standard InChI is InChI=1S/C12H21N5S/c1-8(2)13-10-15-11(17-12(16-10)18-3)14-9-6-4-5-7-9/h8-9H,4-7H2,1-3H3,(H2,13,14,15,16,17). The molecule has 0 unspecified atom stereocenters. The van der Waals surface area contributed by atoms with Crippen LogP contribution in [-0.4, -0.2) is 33.3 Å². The van der Waals surface area contributed by atoms with Gasteiger partial charge in [-0.25, -0.2) is 0 Å². The number of hydrogen-bond donors (Lipinski definition) is 2. The third-order valence-electron chi connectivity index (χ3n) is 2.90. The molecule has 0 radical (unpaired) electrons. The van der Waals surface area contributed by atoms with Crippen LogP contribution in [0.2, 0.25) is 0 Å². The predicted octanol–water partition coefficient (Wildman–Crippen LogP) is 2.77. The molecule has 0 atom stereocenters. The van der Waals surface area contributed by atoms with Gasteiger partial charge in [0.2, 0.25) is 11.9 Å². The minimum absolute atomic E-state index is 0.321. The molecule has 2 rings (SSSR count). The van der Waals surface area contributed by atoms with Crippen LogP contribution in [-0.2, 0) is 0 Å². The smallest absolute Gasteiger partial charge is 0.228 e. The van der Waals surface area contributed by atoms with E-state index in [1.54, 1.807) is 0 Å². The molecule has 1 saturated carbocycles. The van der Waals surface area contributed by atoms with Gasteiger partial charge in [-0.1, -0.05) is 24.6 Å². The van der Waals surface area contributed by atoms with E-state index in [0.29, 0.717) is 24.0 Å². The van der Waals surface area contributed by atoms with E-state index in [1.165, 1.54) is 37.4 Å². The molecule has 0 spiro atoms. The maximum absolute atomic E-state index is 4.43. The van der Waals surface area contributed by atoms with E-state index < -0.39 is 0 Å². The lowest BCUT2D eigenvalue weighted by Crippen LogP contribution is -2.19. The van der Waals surface area contributed by atoms with Crippen LogP contribution in [0.15, 0.2) is 5.16 Å². The van der Waals surface area contributed by atoms with E-state index in [-0.39, 0.29) is 0 Å². The van der Waals surface area contributed by atoms with Crippen LogP contribution in [0.3, 0.4) is 0 Å². The molecule has 0 amide bonds. The molecule has 1 heterocycles. The molecule has 6 heteroatoms. The second kappa shape index (κ2) is 6.22. The molecule has 5 nitrogen and oxygen atoms in total. The third-order valence-corrected chi connectivity index (χ3v) is 3.45. The van der Waals surface area contributed by atoms with E-state index in [1.807, 2.05) is 6.26 Å². The van der Waals surface area contributed by atoms with Crippen LogP contribution in [0.4, 0.5) is 11.9 Å². The summed E-state index contributed by atoms with van der Waals surface area (Å²) in [7, 11) is 0. The summed E-state index contributed by atoms with van der Waals surface area (Å²) in [5.74, 6) is 1.36. The molecule has 1 fully saturated rings. The van der Waals surface area contributed by atoms with Crippen LogP contribution < -0.4 is 10.6 Å². The average Bonchev–Trinajstić information content (AvgIpc) is 2.80. The fourth-order valence-electron chi connectivity index (χ4n) is 2.09. The largest absolute Gasteiger partial charge is 0.352 e. The zero-order chi connectivity index (χ0) is 13.0. The minimum Gasteiger partial charge on any atom is -0.352 e. The highest BCUT2D eigenvalue weighted by atomic mass is 32.2. The van der Waals surface area contributed by atoms with Gasteiger partial charge >= 0.3 is 0 Å². The Kier molecular flexibility index (Phi) is 4.63. The van der Waals surface area contributed by atoms with E-state index in [2.05, 4.69) is 39.4 Å². The van der Waals surface area contributed by atoms with Crippen molar-refractivity contribution in [3.63, 3.8) is 0 Å². The first-order chi connectivity index (χ1) is 8.67. The number of thioether (sulfide) groups is 1. The molecular weight excluding hydrogens is 246 g/mol. The molecule has 2 N–H and O–H groups in total. The maximum atomic E-state index is 4.43.